The molecule has 0 bridgehead atoms. The van der Waals surface area contributed by atoms with E-state index < -0.39 is 23.4 Å². The second-order valence-electron chi connectivity index (χ2n) is 15.1. The number of rotatable bonds is 22. The van der Waals surface area contributed by atoms with Crippen molar-refractivity contribution in [2.24, 2.45) is 0 Å². The standard InChI is InChI=1S/C45H67N3O5S/c1-9-12-13-14-15-16-17-18-19-20-21-22-23-25-34-26-24-27-37(53-31(4)5)39(34)40-38(43(49)51-10-2)33(7)47(8)42(41(40)44(50)52-11-3)48-36-30-32(6)28-29-35(36)46-45(48)54/h24,26-31,40,45-46,54H,9-23,25H2,1-8H3. The van der Waals surface area contributed by atoms with Crippen LogP contribution in [0.15, 0.2) is 59.1 Å². The number of hydrogen-bond donors (Lipinski definition) is 2. The zero-order chi connectivity index (χ0) is 39.2. The molecule has 0 saturated heterocycles. The molecule has 0 aliphatic carbocycles. The fraction of sp³-hybridized carbons (Fsp3) is 0.600. The minimum Gasteiger partial charge on any atom is -0.491 e. The van der Waals surface area contributed by atoms with Crippen LogP contribution in [0.2, 0.25) is 0 Å². The summed E-state index contributed by atoms with van der Waals surface area (Å²) in [5.41, 5.74) is 5.72. The molecule has 2 aliphatic rings. The number of unbranched alkanes of at least 4 members (excludes halogenated alkanes) is 12. The van der Waals surface area contributed by atoms with Crippen molar-refractivity contribution in [2.45, 2.75) is 156 Å². The highest BCUT2D eigenvalue weighted by atomic mass is 32.1. The number of thiol groups is 1. The highest BCUT2D eigenvalue weighted by Gasteiger charge is 2.46. The van der Waals surface area contributed by atoms with Crippen LogP contribution in [0.5, 0.6) is 5.75 Å². The lowest BCUT2D eigenvalue weighted by Gasteiger charge is -2.42. The van der Waals surface area contributed by atoms with Crippen LogP contribution in [0.4, 0.5) is 11.4 Å². The summed E-state index contributed by atoms with van der Waals surface area (Å²) >= 11 is 4.99. The fourth-order valence-corrected chi connectivity index (χ4v) is 8.20. The largest absolute Gasteiger partial charge is 0.491 e. The lowest BCUT2D eigenvalue weighted by atomic mass is 9.77. The van der Waals surface area contributed by atoms with Crippen LogP contribution >= 0.6 is 12.6 Å². The molecule has 2 aliphatic heterocycles. The topological polar surface area (TPSA) is 80.3 Å². The first-order valence-corrected chi connectivity index (χ1v) is 21.2. The molecule has 4 rings (SSSR count). The number of fused-ring (bicyclic) bond motifs is 1. The summed E-state index contributed by atoms with van der Waals surface area (Å²) in [6, 6.07) is 12.3. The molecule has 0 fully saturated rings. The number of benzene rings is 2. The van der Waals surface area contributed by atoms with Crippen LogP contribution in [0, 0.1) is 6.92 Å². The second-order valence-corrected chi connectivity index (χ2v) is 15.6. The highest BCUT2D eigenvalue weighted by Crippen LogP contribution is 2.50. The monoisotopic (exact) mass is 761 g/mol. The number of allylic oxidation sites excluding steroid dienone is 1. The number of aryl methyl sites for hydroxylation is 2. The lowest BCUT2D eigenvalue weighted by Crippen LogP contribution is -2.44. The van der Waals surface area contributed by atoms with Crippen LogP contribution in [0.1, 0.15) is 148 Å². The Morgan fingerprint density at radius 3 is 1.94 bits per heavy atom. The quantitative estimate of drug-likeness (QED) is 0.0697. The molecule has 1 N–H and O–H groups in total. The molecule has 298 valence electrons. The average Bonchev–Trinajstić information content (AvgIpc) is 3.45. The number of carbonyl (C=O) groups is 2. The van der Waals surface area contributed by atoms with Crippen molar-refractivity contribution in [1.82, 2.24) is 4.90 Å². The Morgan fingerprint density at radius 1 is 0.796 bits per heavy atom. The third-order valence-corrected chi connectivity index (χ3v) is 10.9. The van der Waals surface area contributed by atoms with E-state index in [0.29, 0.717) is 28.4 Å². The van der Waals surface area contributed by atoms with Gasteiger partial charge in [-0.1, -0.05) is 102 Å². The maximum Gasteiger partial charge on any atom is 0.338 e. The van der Waals surface area contributed by atoms with Gasteiger partial charge in [0.15, 0.2) is 5.50 Å². The van der Waals surface area contributed by atoms with Crippen molar-refractivity contribution >= 4 is 35.9 Å². The first kappa shape index (κ1) is 43.1. The van der Waals surface area contributed by atoms with Gasteiger partial charge in [-0.3, -0.25) is 4.90 Å². The van der Waals surface area contributed by atoms with Gasteiger partial charge in [-0.15, -0.1) is 12.6 Å². The van der Waals surface area contributed by atoms with Gasteiger partial charge in [0.25, 0.3) is 0 Å². The molecule has 2 aromatic carbocycles. The van der Waals surface area contributed by atoms with Crippen molar-refractivity contribution in [3.05, 3.63) is 75.8 Å². The molecule has 0 aromatic heterocycles. The molecule has 9 heteroatoms. The second kappa shape index (κ2) is 21.5. The molecule has 2 heterocycles. The maximum atomic E-state index is 14.5. The SMILES string of the molecule is CCCCCCCCCCCCCCCc1cccc(OC(C)C)c1C1C(C(=O)OCC)=C(C)N(C)C(N2c3cc(C)ccc3NC2S)=C1C(=O)OCC. The van der Waals surface area contributed by atoms with Crippen molar-refractivity contribution < 1.29 is 23.8 Å². The van der Waals surface area contributed by atoms with Gasteiger partial charge in [-0.2, -0.15) is 0 Å². The smallest absolute Gasteiger partial charge is 0.338 e. The summed E-state index contributed by atoms with van der Waals surface area (Å²) < 4.78 is 18.2. The molecule has 0 radical (unpaired) electrons. The number of esters is 2. The van der Waals surface area contributed by atoms with Crippen LogP contribution in [0.25, 0.3) is 0 Å². The summed E-state index contributed by atoms with van der Waals surface area (Å²) in [5.74, 6) is -0.507. The molecule has 2 atom stereocenters. The first-order valence-electron chi connectivity index (χ1n) is 20.7. The number of ether oxygens (including phenoxy) is 3. The zero-order valence-electron chi connectivity index (χ0n) is 34.4. The van der Waals surface area contributed by atoms with E-state index in [1.54, 1.807) is 13.8 Å². The van der Waals surface area contributed by atoms with Crippen molar-refractivity contribution in [2.75, 3.05) is 30.5 Å². The van der Waals surface area contributed by atoms with E-state index in [1.807, 2.05) is 62.7 Å². The van der Waals surface area contributed by atoms with Crippen LogP contribution in [0.3, 0.4) is 0 Å². The van der Waals surface area contributed by atoms with Gasteiger partial charge >= 0.3 is 11.9 Å². The Bertz CT molecular complexity index is 1620. The Kier molecular flexibility index (Phi) is 17.2. The molecule has 0 saturated carbocycles. The molecule has 0 amide bonds. The molecular weight excluding hydrogens is 695 g/mol. The van der Waals surface area contributed by atoms with Crippen molar-refractivity contribution in [3.63, 3.8) is 0 Å². The normalized spacial score (nSPS) is 16.9. The molecule has 0 spiro atoms. The van der Waals surface area contributed by atoms with Gasteiger partial charge in [-0.05, 0) is 83.7 Å². The van der Waals surface area contributed by atoms with Gasteiger partial charge in [0, 0.05) is 18.3 Å². The van der Waals surface area contributed by atoms with Gasteiger partial charge in [-0.25, -0.2) is 9.59 Å². The number of hydrogen-bond acceptors (Lipinski definition) is 9. The van der Waals surface area contributed by atoms with Crippen molar-refractivity contribution in [3.8, 4) is 5.75 Å². The molecule has 2 aromatic rings. The highest BCUT2D eigenvalue weighted by molar-refractivity contribution is 7.81. The van der Waals surface area contributed by atoms with E-state index in [0.717, 1.165) is 47.3 Å². The predicted octanol–water partition coefficient (Wildman–Crippen LogP) is 11.2. The van der Waals surface area contributed by atoms with E-state index in [-0.39, 0.29) is 19.3 Å². The summed E-state index contributed by atoms with van der Waals surface area (Å²) in [6.45, 7) is 14.2. The summed E-state index contributed by atoms with van der Waals surface area (Å²) in [5, 5.41) is 3.47. The molecular formula is C45H67N3O5S. The minimum atomic E-state index is -0.810. The summed E-state index contributed by atoms with van der Waals surface area (Å²) in [4.78, 5) is 32.7. The molecule has 8 nitrogen and oxygen atoms in total. The van der Waals surface area contributed by atoms with E-state index in [9.17, 15) is 9.59 Å². The number of carbonyl (C=O) groups excluding carboxylic acids is 2. The third-order valence-electron chi connectivity index (χ3n) is 10.5. The summed E-state index contributed by atoms with van der Waals surface area (Å²) in [6.07, 6.45) is 17.3. The Morgan fingerprint density at radius 2 is 1.37 bits per heavy atom. The van der Waals surface area contributed by atoms with Gasteiger partial charge in [0.1, 0.15) is 11.6 Å². The van der Waals surface area contributed by atoms with E-state index in [2.05, 4.69) is 30.4 Å². The Hall–Kier alpha value is -3.59. The van der Waals surface area contributed by atoms with Gasteiger partial charge < -0.3 is 24.4 Å². The maximum absolute atomic E-state index is 14.5. The number of nitrogens with zero attached hydrogens (tertiary/aromatic N) is 2. The first-order chi connectivity index (χ1) is 26.0. The average molecular weight is 762 g/mol. The van der Waals surface area contributed by atoms with Crippen molar-refractivity contribution in [1.29, 1.82) is 0 Å². The van der Waals surface area contributed by atoms with Gasteiger partial charge in [0.2, 0.25) is 0 Å². The van der Waals surface area contributed by atoms with Crippen LogP contribution < -0.4 is 15.0 Å². The summed E-state index contributed by atoms with van der Waals surface area (Å²) in [7, 11) is 1.89. The van der Waals surface area contributed by atoms with E-state index >= 15 is 0 Å². The number of anilines is 2. The third kappa shape index (κ3) is 10.8. The zero-order valence-corrected chi connectivity index (χ0v) is 35.3. The number of nitrogens with one attached hydrogen (secondary N) is 1. The predicted molar refractivity (Wildman–Crippen MR) is 225 cm³/mol. The van der Waals surface area contributed by atoms with Gasteiger partial charge in [0.05, 0.1) is 47.8 Å². The molecule has 54 heavy (non-hydrogen) atoms. The Balaban J connectivity index is 1.73. The minimum absolute atomic E-state index is 0.133. The van der Waals surface area contributed by atoms with E-state index in [1.165, 1.54) is 70.6 Å². The Labute approximate surface area is 331 Å². The fourth-order valence-electron chi connectivity index (χ4n) is 7.83. The van der Waals surface area contributed by atoms with E-state index in [4.69, 9.17) is 26.8 Å². The lowest BCUT2D eigenvalue weighted by molar-refractivity contribution is -0.139. The molecule has 2 unspecified atom stereocenters. The van der Waals surface area contributed by atoms with Crippen LogP contribution in [-0.4, -0.2) is 48.7 Å². The van der Waals surface area contributed by atoms with Crippen LogP contribution in [-0.2, 0) is 25.5 Å².